The van der Waals surface area contributed by atoms with E-state index in [-0.39, 0.29) is 0 Å². The van der Waals surface area contributed by atoms with Crippen LogP contribution >= 0.6 is 0 Å². The lowest BCUT2D eigenvalue weighted by atomic mass is 10.0. The number of nitrogen functional groups attached to an aromatic ring is 1. The van der Waals surface area contributed by atoms with Gasteiger partial charge in [-0.2, -0.15) is 0 Å². The Bertz CT molecular complexity index is 435. The fraction of sp³-hybridized carbons (Fsp3) is 0.600. The monoisotopic (exact) mass is 279 g/mol. The Kier molecular flexibility index (Phi) is 6.84. The quantitative estimate of drug-likeness (QED) is 0.714. The number of unbranched alkanes of at least 4 members (excludes halogenated alkanes) is 1. The molecule has 0 radical (unpaired) electrons. The Morgan fingerprint density at radius 2 is 2.15 bits per heavy atom. The number of nitrogens with one attached hydrogen (secondary N) is 1. The van der Waals surface area contributed by atoms with E-state index in [0.717, 1.165) is 32.1 Å². The first kappa shape index (κ1) is 16.3. The Hall–Kier alpha value is -1.78. The number of hydrogen-bond acceptors (Lipinski definition) is 5. The normalized spacial score (nSPS) is 11.9. The molecule has 0 amide bonds. The van der Waals surface area contributed by atoms with E-state index in [1.165, 1.54) is 7.11 Å². The van der Waals surface area contributed by atoms with Crippen LogP contribution in [0.2, 0.25) is 0 Å². The van der Waals surface area contributed by atoms with Gasteiger partial charge in [-0.1, -0.05) is 33.1 Å². The highest BCUT2D eigenvalue weighted by Gasteiger charge is 2.16. The van der Waals surface area contributed by atoms with Crippen LogP contribution in [0.4, 0.5) is 11.5 Å². The van der Waals surface area contributed by atoms with Crippen molar-refractivity contribution in [1.82, 2.24) is 4.98 Å². The number of aromatic nitrogens is 1. The zero-order chi connectivity index (χ0) is 15.0. The average Bonchev–Trinajstić information content (AvgIpc) is 2.45. The molecule has 0 aromatic carbocycles. The summed E-state index contributed by atoms with van der Waals surface area (Å²) < 4.78 is 4.78. The summed E-state index contributed by atoms with van der Waals surface area (Å²) in [6.45, 7) is 4.32. The van der Waals surface area contributed by atoms with Gasteiger partial charge in [0.25, 0.3) is 0 Å². The predicted octanol–water partition coefficient (Wildman–Crippen LogP) is 3.22. The summed E-state index contributed by atoms with van der Waals surface area (Å²) in [5, 5.41) is 3.36. The Balaban J connectivity index is 2.90. The highest BCUT2D eigenvalue weighted by atomic mass is 16.5. The summed E-state index contributed by atoms with van der Waals surface area (Å²) in [6.07, 6.45) is 7.06. The second-order valence-corrected chi connectivity index (χ2v) is 4.93. The third-order valence-corrected chi connectivity index (χ3v) is 3.20. The lowest BCUT2D eigenvalue weighted by molar-refractivity contribution is 0.0601. The molecule has 0 bridgehead atoms. The van der Waals surface area contributed by atoms with E-state index in [9.17, 15) is 4.79 Å². The largest absolute Gasteiger partial charge is 0.465 e. The molecule has 1 rings (SSSR count). The van der Waals surface area contributed by atoms with Gasteiger partial charge in [-0.25, -0.2) is 9.78 Å². The molecule has 0 spiro atoms. The van der Waals surface area contributed by atoms with Gasteiger partial charge in [-0.3, -0.25) is 0 Å². The van der Waals surface area contributed by atoms with Crippen LogP contribution < -0.4 is 11.1 Å². The number of nitrogens with zero attached hydrogens (tertiary/aromatic N) is 1. The maximum Gasteiger partial charge on any atom is 0.341 e. The topological polar surface area (TPSA) is 77.2 Å². The van der Waals surface area contributed by atoms with Crippen molar-refractivity contribution in [2.75, 3.05) is 18.2 Å². The maximum atomic E-state index is 11.8. The average molecular weight is 279 g/mol. The molecule has 0 saturated carbocycles. The van der Waals surface area contributed by atoms with E-state index in [0.29, 0.717) is 23.1 Å². The molecule has 112 valence electrons. The van der Waals surface area contributed by atoms with Gasteiger partial charge >= 0.3 is 5.97 Å². The molecule has 5 heteroatoms. The minimum atomic E-state index is -0.418. The van der Waals surface area contributed by atoms with Crippen LogP contribution in [0.15, 0.2) is 12.3 Å². The van der Waals surface area contributed by atoms with E-state index in [2.05, 4.69) is 24.1 Å². The van der Waals surface area contributed by atoms with Crippen LogP contribution in [0, 0.1) is 0 Å². The molecule has 1 aromatic heterocycles. The van der Waals surface area contributed by atoms with Crippen LogP contribution in [-0.4, -0.2) is 24.1 Å². The molecule has 3 N–H and O–H groups in total. The molecule has 0 saturated heterocycles. The SMILES string of the molecule is CCCCC(CCC)Nc1ncc(N)cc1C(=O)OC. The minimum absolute atomic E-state index is 0.319. The Morgan fingerprint density at radius 1 is 1.40 bits per heavy atom. The van der Waals surface area contributed by atoms with Crippen molar-refractivity contribution in [2.24, 2.45) is 0 Å². The van der Waals surface area contributed by atoms with Gasteiger partial charge in [0.15, 0.2) is 0 Å². The number of hydrogen-bond donors (Lipinski definition) is 2. The van der Waals surface area contributed by atoms with Crippen LogP contribution in [0.1, 0.15) is 56.3 Å². The maximum absolute atomic E-state index is 11.8. The smallest absolute Gasteiger partial charge is 0.341 e. The summed E-state index contributed by atoms with van der Waals surface area (Å²) in [5.74, 6) is 0.138. The number of methoxy groups -OCH3 is 1. The molecule has 0 aliphatic rings. The highest BCUT2D eigenvalue weighted by molar-refractivity contribution is 5.95. The van der Waals surface area contributed by atoms with Gasteiger partial charge in [0.05, 0.1) is 19.0 Å². The summed E-state index contributed by atoms with van der Waals surface area (Å²) in [4.78, 5) is 16.0. The molecule has 1 heterocycles. The zero-order valence-corrected chi connectivity index (χ0v) is 12.6. The fourth-order valence-electron chi connectivity index (χ4n) is 2.14. The Labute approximate surface area is 120 Å². The van der Waals surface area contributed by atoms with Crippen LogP contribution in [0.25, 0.3) is 0 Å². The van der Waals surface area contributed by atoms with Crippen molar-refractivity contribution in [3.63, 3.8) is 0 Å². The van der Waals surface area contributed by atoms with Gasteiger partial charge in [0, 0.05) is 6.04 Å². The molecule has 0 aliphatic heterocycles. The molecule has 1 unspecified atom stereocenters. The third-order valence-electron chi connectivity index (χ3n) is 3.20. The number of nitrogens with two attached hydrogens (primary N) is 1. The summed E-state index contributed by atoms with van der Waals surface area (Å²) in [5.41, 5.74) is 6.54. The molecule has 1 aromatic rings. The number of pyridine rings is 1. The highest BCUT2D eigenvalue weighted by Crippen LogP contribution is 2.20. The van der Waals surface area contributed by atoms with Crippen LogP contribution in [-0.2, 0) is 4.74 Å². The van der Waals surface area contributed by atoms with Crippen molar-refractivity contribution in [3.05, 3.63) is 17.8 Å². The van der Waals surface area contributed by atoms with E-state index in [1.807, 2.05) is 0 Å². The van der Waals surface area contributed by atoms with Gasteiger partial charge in [0.2, 0.25) is 0 Å². The van der Waals surface area contributed by atoms with E-state index < -0.39 is 5.97 Å². The molecule has 0 aliphatic carbocycles. The molecule has 1 atom stereocenters. The standard InChI is InChI=1S/C15H25N3O2/c1-4-6-8-12(7-5-2)18-14-13(15(19)20-3)9-11(16)10-17-14/h9-10,12H,4-8,16H2,1-3H3,(H,17,18). The molecular formula is C15H25N3O2. The van der Waals surface area contributed by atoms with Crippen molar-refractivity contribution in [2.45, 2.75) is 52.0 Å². The number of rotatable bonds is 8. The van der Waals surface area contributed by atoms with Crippen molar-refractivity contribution in [1.29, 1.82) is 0 Å². The summed E-state index contributed by atoms with van der Waals surface area (Å²) >= 11 is 0. The number of anilines is 2. The number of esters is 1. The summed E-state index contributed by atoms with van der Waals surface area (Å²) in [6, 6.07) is 1.92. The molecular weight excluding hydrogens is 254 g/mol. The van der Waals surface area contributed by atoms with Gasteiger partial charge < -0.3 is 15.8 Å². The van der Waals surface area contributed by atoms with E-state index in [1.54, 1.807) is 12.3 Å². The second kappa shape index (κ2) is 8.40. The minimum Gasteiger partial charge on any atom is -0.465 e. The van der Waals surface area contributed by atoms with Gasteiger partial charge in [0.1, 0.15) is 11.4 Å². The van der Waals surface area contributed by atoms with Crippen molar-refractivity contribution < 1.29 is 9.53 Å². The summed E-state index contributed by atoms with van der Waals surface area (Å²) in [7, 11) is 1.36. The lowest BCUT2D eigenvalue weighted by Crippen LogP contribution is -2.22. The number of carbonyl (C=O) groups excluding carboxylic acids is 1. The lowest BCUT2D eigenvalue weighted by Gasteiger charge is -2.20. The van der Waals surface area contributed by atoms with Gasteiger partial charge in [-0.15, -0.1) is 0 Å². The first-order chi connectivity index (χ1) is 9.62. The first-order valence-electron chi connectivity index (χ1n) is 7.22. The number of carbonyl (C=O) groups is 1. The molecule has 5 nitrogen and oxygen atoms in total. The van der Waals surface area contributed by atoms with Crippen molar-refractivity contribution in [3.8, 4) is 0 Å². The molecule has 0 fully saturated rings. The van der Waals surface area contributed by atoms with Crippen LogP contribution in [0.5, 0.6) is 0 Å². The Morgan fingerprint density at radius 3 is 2.75 bits per heavy atom. The van der Waals surface area contributed by atoms with Crippen LogP contribution in [0.3, 0.4) is 0 Å². The van der Waals surface area contributed by atoms with Crippen molar-refractivity contribution >= 4 is 17.5 Å². The predicted molar refractivity (Wildman–Crippen MR) is 81.8 cm³/mol. The second-order valence-electron chi connectivity index (χ2n) is 4.93. The molecule has 20 heavy (non-hydrogen) atoms. The zero-order valence-electron chi connectivity index (χ0n) is 12.6. The first-order valence-corrected chi connectivity index (χ1v) is 7.22. The fourth-order valence-corrected chi connectivity index (χ4v) is 2.14. The van der Waals surface area contributed by atoms with E-state index >= 15 is 0 Å². The van der Waals surface area contributed by atoms with Gasteiger partial charge in [-0.05, 0) is 18.9 Å². The number of ether oxygens (including phenoxy) is 1. The third kappa shape index (κ3) is 4.72. The van der Waals surface area contributed by atoms with E-state index in [4.69, 9.17) is 10.5 Å².